The van der Waals surface area contributed by atoms with Crippen molar-refractivity contribution in [3.8, 4) is 0 Å². The average Bonchev–Trinajstić information content (AvgIpc) is 3.34. The molecule has 0 atom stereocenters. The van der Waals surface area contributed by atoms with Crippen molar-refractivity contribution in [3.05, 3.63) is 63.9 Å². The lowest BCUT2D eigenvalue weighted by atomic mass is 10.3. The molecule has 0 saturated heterocycles. The fourth-order valence-corrected chi connectivity index (χ4v) is 3.26. The lowest BCUT2D eigenvalue weighted by Gasteiger charge is -2.19. The smallest absolute Gasteiger partial charge is 0.272 e. The van der Waals surface area contributed by atoms with Crippen molar-refractivity contribution in [1.82, 2.24) is 39.7 Å². The molecule has 0 spiro atoms. The van der Waals surface area contributed by atoms with Gasteiger partial charge in [-0.3, -0.25) is 28.7 Å². The van der Waals surface area contributed by atoms with E-state index in [-0.39, 0.29) is 30.5 Å². The molecule has 4 heterocycles. The second-order valence-electron chi connectivity index (χ2n) is 6.79. The summed E-state index contributed by atoms with van der Waals surface area (Å²) in [7, 11) is 1.72. The normalized spacial score (nSPS) is 13.6. The average molecular weight is 396 g/mol. The second-order valence-corrected chi connectivity index (χ2v) is 6.79. The highest BCUT2D eigenvalue weighted by atomic mass is 16.2. The van der Waals surface area contributed by atoms with Gasteiger partial charge >= 0.3 is 0 Å². The number of hydrogen-bond acceptors (Lipinski definition) is 6. The van der Waals surface area contributed by atoms with Gasteiger partial charge in [0.2, 0.25) is 0 Å². The van der Waals surface area contributed by atoms with E-state index in [2.05, 4.69) is 25.6 Å². The van der Waals surface area contributed by atoms with Gasteiger partial charge in [-0.1, -0.05) is 0 Å². The van der Waals surface area contributed by atoms with Crippen LogP contribution in [0, 0.1) is 0 Å². The molecule has 11 nitrogen and oxygen atoms in total. The van der Waals surface area contributed by atoms with E-state index < -0.39 is 0 Å². The lowest BCUT2D eigenvalue weighted by molar-refractivity contribution is 0.0737. The van der Waals surface area contributed by atoms with Gasteiger partial charge < -0.3 is 10.2 Å². The van der Waals surface area contributed by atoms with Crippen molar-refractivity contribution in [3.63, 3.8) is 0 Å². The first kappa shape index (κ1) is 18.6. The molecule has 0 aromatic carbocycles. The number of carbonyl (C=O) groups is 2. The summed E-state index contributed by atoms with van der Waals surface area (Å²) in [6.07, 6.45) is 5.23. The molecular weight excluding hydrogens is 376 g/mol. The Kier molecular flexibility index (Phi) is 4.94. The summed E-state index contributed by atoms with van der Waals surface area (Å²) in [5.41, 5.74) is 1.06. The Morgan fingerprint density at radius 2 is 2.17 bits per heavy atom. The molecule has 11 heteroatoms. The highest BCUT2D eigenvalue weighted by Crippen LogP contribution is 2.12. The Morgan fingerprint density at radius 3 is 2.90 bits per heavy atom. The molecule has 3 aromatic rings. The summed E-state index contributed by atoms with van der Waals surface area (Å²) in [5, 5.41) is 13.2. The van der Waals surface area contributed by atoms with Crippen LogP contribution < -0.4 is 10.9 Å². The highest BCUT2D eigenvalue weighted by molar-refractivity contribution is 5.93. The zero-order valence-corrected chi connectivity index (χ0v) is 15.8. The summed E-state index contributed by atoms with van der Waals surface area (Å²) in [5.74, 6) is -0.0000290. The van der Waals surface area contributed by atoms with E-state index in [4.69, 9.17) is 0 Å². The molecule has 150 valence electrons. The summed E-state index contributed by atoms with van der Waals surface area (Å²) in [4.78, 5) is 43.5. The molecule has 3 aromatic heterocycles. The first-order valence-electron chi connectivity index (χ1n) is 9.16. The molecule has 0 saturated carbocycles. The molecule has 1 aliphatic heterocycles. The van der Waals surface area contributed by atoms with Crippen LogP contribution in [0.5, 0.6) is 0 Å². The molecule has 29 heavy (non-hydrogen) atoms. The molecule has 0 radical (unpaired) electrons. The van der Waals surface area contributed by atoms with Crippen LogP contribution >= 0.6 is 0 Å². The number of fused-ring (bicyclic) bond motifs is 1. The number of nitrogens with one attached hydrogen (secondary N) is 2. The number of aryl methyl sites for hydroxylation is 1. The van der Waals surface area contributed by atoms with Gasteiger partial charge in [0.1, 0.15) is 11.5 Å². The van der Waals surface area contributed by atoms with E-state index in [0.29, 0.717) is 42.3 Å². The maximum absolute atomic E-state index is 12.6. The number of nitrogens with zero attached hydrogens (tertiary/aromatic N) is 6. The first-order valence-corrected chi connectivity index (χ1v) is 9.16. The third kappa shape index (κ3) is 3.93. The van der Waals surface area contributed by atoms with Gasteiger partial charge in [0.25, 0.3) is 17.4 Å². The van der Waals surface area contributed by atoms with Crippen molar-refractivity contribution >= 4 is 11.8 Å². The topological polar surface area (TPSA) is 131 Å². The van der Waals surface area contributed by atoms with Crippen molar-refractivity contribution in [2.24, 2.45) is 7.05 Å². The number of H-pyrrole nitrogens is 1. The Hall–Kier alpha value is -3.76. The van der Waals surface area contributed by atoms with E-state index >= 15 is 0 Å². The first-order chi connectivity index (χ1) is 14.0. The Bertz CT molecular complexity index is 1100. The summed E-state index contributed by atoms with van der Waals surface area (Å²) >= 11 is 0. The van der Waals surface area contributed by atoms with Crippen LogP contribution in [-0.4, -0.2) is 52.8 Å². The minimum absolute atomic E-state index is 0.102. The number of aromatic amines is 1. The van der Waals surface area contributed by atoms with E-state index in [1.165, 1.54) is 23.1 Å². The Balaban J connectivity index is 1.52. The number of aromatic nitrogens is 6. The van der Waals surface area contributed by atoms with Gasteiger partial charge in [-0.25, -0.2) is 4.98 Å². The summed E-state index contributed by atoms with van der Waals surface area (Å²) in [6.45, 7) is 1.30. The van der Waals surface area contributed by atoms with Crippen LogP contribution in [0.4, 0.5) is 0 Å². The third-order valence-electron chi connectivity index (χ3n) is 4.70. The zero-order valence-electron chi connectivity index (χ0n) is 15.8. The quantitative estimate of drug-likeness (QED) is 0.621. The van der Waals surface area contributed by atoms with Crippen molar-refractivity contribution in [2.45, 2.75) is 26.1 Å². The van der Waals surface area contributed by atoms with Gasteiger partial charge in [0.15, 0.2) is 0 Å². The number of rotatable bonds is 4. The molecule has 2 N–H and O–H groups in total. The van der Waals surface area contributed by atoms with Crippen molar-refractivity contribution < 1.29 is 9.59 Å². The summed E-state index contributed by atoms with van der Waals surface area (Å²) < 4.78 is 3.11. The summed E-state index contributed by atoms with van der Waals surface area (Å²) in [6, 6.07) is 3.03. The number of amides is 2. The Labute approximate surface area is 165 Å². The van der Waals surface area contributed by atoms with Crippen LogP contribution in [-0.2, 0) is 26.7 Å². The van der Waals surface area contributed by atoms with Crippen LogP contribution in [0.25, 0.3) is 0 Å². The van der Waals surface area contributed by atoms with E-state index in [9.17, 15) is 14.4 Å². The predicted molar refractivity (Wildman–Crippen MR) is 101 cm³/mol. The van der Waals surface area contributed by atoms with Crippen molar-refractivity contribution in [2.75, 3.05) is 6.54 Å². The zero-order chi connectivity index (χ0) is 20.4. The maximum atomic E-state index is 12.6. The highest BCUT2D eigenvalue weighted by Gasteiger charge is 2.23. The fraction of sp³-hybridized carbons (Fsp3) is 0.333. The minimum atomic E-state index is -0.300. The molecular formula is C18H20N8O3. The van der Waals surface area contributed by atoms with Crippen LogP contribution in [0.2, 0.25) is 0 Å². The fourth-order valence-electron chi connectivity index (χ4n) is 3.26. The lowest BCUT2D eigenvalue weighted by Crippen LogP contribution is -2.33. The third-order valence-corrected chi connectivity index (χ3v) is 4.70. The van der Waals surface area contributed by atoms with E-state index in [0.717, 1.165) is 0 Å². The van der Waals surface area contributed by atoms with E-state index in [1.807, 2.05) is 0 Å². The standard InChI is InChI=1S/C18H20N8O3/c1-24-10-12(8-21-24)17(28)19-9-13-7-16(27)26-6-2-5-25(11-15(26)22-13)18(29)14-3-4-20-23-14/h3-4,7-8,10H,2,5-6,9,11H2,1H3,(H,19,28)(H,20,23). The van der Waals surface area contributed by atoms with Crippen LogP contribution in [0.1, 0.15) is 38.8 Å². The SMILES string of the molecule is Cn1cc(C(=O)NCc2cc(=O)n3c(n2)CN(C(=O)c2ccn[nH]2)CCC3)cn1. The van der Waals surface area contributed by atoms with Gasteiger partial charge in [-0.05, 0) is 12.5 Å². The Morgan fingerprint density at radius 1 is 1.31 bits per heavy atom. The van der Waals surface area contributed by atoms with Gasteiger partial charge in [-0.2, -0.15) is 10.2 Å². The number of carbonyl (C=O) groups excluding carboxylic acids is 2. The monoisotopic (exact) mass is 396 g/mol. The number of hydrogen-bond donors (Lipinski definition) is 2. The molecule has 2 amide bonds. The molecule has 0 bridgehead atoms. The molecule has 1 aliphatic rings. The largest absolute Gasteiger partial charge is 0.346 e. The van der Waals surface area contributed by atoms with Gasteiger partial charge in [-0.15, -0.1) is 0 Å². The molecule has 4 rings (SSSR count). The molecule has 0 aliphatic carbocycles. The maximum Gasteiger partial charge on any atom is 0.272 e. The minimum Gasteiger partial charge on any atom is -0.346 e. The molecule has 0 fully saturated rings. The van der Waals surface area contributed by atoms with Crippen molar-refractivity contribution in [1.29, 1.82) is 0 Å². The van der Waals surface area contributed by atoms with Crippen LogP contribution in [0.3, 0.4) is 0 Å². The second kappa shape index (κ2) is 7.70. The van der Waals surface area contributed by atoms with Crippen LogP contribution in [0.15, 0.2) is 35.5 Å². The van der Waals surface area contributed by atoms with Gasteiger partial charge in [0.05, 0.1) is 30.5 Å². The molecule has 0 unspecified atom stereocenters. The predicted octanol–water partition coefficient (Wildman–Crippen LogP) is -0.324. The van der Waals surface area contributed by atoms with E-state index in [1.54, 1.807) is 28.8 Å². The van der Waals surface area contributed by atoms with Gasteiger partial charge in [0, 0.05) is 38.6 Å².